The number of rotatable bonds is 28. The Labute approximate surface area is 598 Å². The number of ether oxygens (including phenoxy) is 3. The fourth-order valence-corrected chi connectivity index (χ4v) is 11.0. The molecule has 0 heterocycles. The van der Waals surface area contributed by atoms with Gasteiger partial charge in [0, 0.05) is 48.4 Å². The van der Waals surface area contributed by atoms with Crippen LogP contribution >= 0.6 is 82.0 Å². The van der Waals surface area contributed by atoms with Gasteiger partial charge in [0.1, 0.15) is 35.1 Å². The average Bonchev–Trinajstić information content (AvgIpc) is 0.846. The lowest BCUT2D eigenvalue weighted by molar-refractivity contribution is -0.143. The van der Waals surface area contributed by atoms with Crippen LogP contribution in [0, 0.1) is 0 Å². The van der Waals surface area contributed by atoms with Crippen molar-refractivity contribution in [3.05, 3.63) is 243 Å². The molecule has 2 atom stereocenters. The number of nitrogens with one attached hydrogen (secondary N) is 6. The third kappa shape index (κ3) is 22.9. The second-order valence-corrected chi connectivity index (χ2v) is 23.7. The Bertz CT molecular complexity index is 4140. The van der Waals surface area contributed by atoms with E-state index in [0.29, 0.717) is 84.3 Å². The molecular formula is C69H65Cl7N8O14. The molecule has 0 radical (unpaired) electrons. The largest absolute Gasteiger partial charge is 0.508 e. The Morgan fingerprint density at radius 1 is 0.449 bits per heavy atom. The standard InChI is InChI=1S/C35H33Cl3N4O7.C34H31Cl3N4O7.ClH/c1-48-35(47)30(42-33(45)26-11-8-22(16-27(26)36)32(44)40-19-21-4-2-5-24(43)14-21)15-20-6-9-23(10-7-20)41-34(46)31-28(37)17-25(18-29(31)38)49-13-3-12-39;35-26-15-21(31(43)39-18-20-3-1-4-23(42)13-20)7-10-25(26)32(44)41-29(34(46)47)14-19-5-8-22(9-6-19)40-33(45)30-27(36)16-24(17-28(30)37)48-12-2-11-38;/h2,4-11,14,16-18,30,43H,3,12-13,15,19,39H2,1H3,(H,40,44)(H,41,46)(H,42,45);1,3-10,13,15-17,29,42H,2,11-12,14,18,38H2,(H,39,43)(H,40,45)(H,41,44)(H,46,47);1H/t30-;29-;/m00./s1. The van der Waals surface area contributed by atoms with Crippen LogP contribution in [-0.2, 0) is 40.3 Å². The van der Waals surface area contributed by atoms with Crippen molar-refractivity contribution in [2.24, 2.45) is 11.5 Å². The summed E-state index contributed by atoms with van der Waals surface area (Å²) in [4.78, 5) is 102. The molecule has 8 aromatic carbocycles. The molecule has 0 aromatic heterocycles. The number of phenolic OH excluding ortho intramolecular Hbond substituents is 2. The molecule has 0 fully saturated rings. The van der Waals surface area contributed by atoms with Crippen LogP contribution in [-0.4, -0.2) is 108 Å². The normalized spacial score (nSPS) is 11.2. The molecule has 22 nitrogen and oxygen atoms in total. The number of hydrogen-bond acceptors (Lipinski definition) is 15. The minimum Gasteiger partial charge on any atom is -0.508 e. The lowest BCUT2D eigenvalue weighted by atomic mass is 10.0. The number of esters is 1. The first-order chi connectivity index (χ1) is 46.4. The smallest absolute Gasteiger partial charge is 0.328 e. The molecule has 0 bridgehead atoms. The van der Waals surface area contributed by atoms with E-state index in [0.717, 1.165) is 0 Å². The SMILES string of the molecule is COC(=O)[C@H](Cc1ccc(NC(=O)c2c(Cl)cc(OCCCN)cc2Cl)cc1)NC(=O)c1ccc(C(=O)NCc2cccc(O)c2)cc1Cl.Cl.NCCCOc1cc(Cl)c(C(=O)Nc2ccc(C[C@H](NC(=O)c3ccc(C(=O)NCc4cccc(O)c4)cc3Cl)C(=O)O)cc2)c(Cl)c1. The van der Waals surface area contributed by atoms with Gasteiger partial charge in [-0.15, -0.1) is 12.4 Å². The molecule has 29 heteroatoms. The Morgan fingerprint density at radius 3 is 1.17 bits per heavy atom. The number of anilines is 2. The summed E-state index contributed by atoms with van der Waals surface area (Å²) in [5.74, 6) is -4.37. The van der Waals surface area contributed by atoms with Gasteiger partial charge in [-0.2, -0.15) is 0 Å². The van der Waals surface area contributed by atoms with Crippen LogP contribution in [0.15, 0.2) is 158 Å². The van der Waals surface area contributed by atoms with Crippen LogP contribution in [0.5, 0.6) is 23.0 Å². The number of hydrogen-bond donors (Lipinski definition) is 11. The quantitative estimate of drug-likeness (QED) is 0.0160. The first-order valence-electron chi connectivity index (χ1n) is 29.5. The number of carboxylic acid groups (broad SMARTS) is 1. The highest BCUT2D eigenvalue weighted by Gasteiger charge is 2.27. The minimum atomic E-state index is -1.32. The van der Waals surface area contributed by atoms with Crippen molar-refractivity contribution in [1.29, 1.82) is 0 Å². The molecule has 514 valence electrons. The van der Waals surface area contributed by atoms with Crippen molar-refractivity contribution in [3.8, 4) is 23.0 Å². The molecule has 6 amide bonds. The van der Waals surface area contributed by atoms with E-state index in [-0.39, 0.29) is 113 Å². The van der Waals surface area contributed by atoms with Crippen molar-refractivity contribution in [3.63, 3.8) is 0 Å². The lowest BCUT2D eigenvalue weighted by Crippen LogP contribution is -2.43. The fourth-order valence-electron chi connectivity index (χ4n) is 9.14. The molecule has 98 heavy (non-hydrogen) atoms. The van der Waals surface area contributed by atoms with Crippen molar-refractivity contribution in [2.75, 3.05) is 44.0 Å². The van der Waals surface area contributed by atoms with Gasteiger partial charge in [0.25, 0.3) is 35.4 Å². The minimum absolute atomic E-state index is 0. The zero-order chi connectivity index (χ0) is 70.3. The molecular weight excluding hydrogens is 1410 g/mol. The topological polar surface area (TPSA) is 349 Å². The second kappa shape index (κ2) is 38.0. The number of aromatic hydroxyl groups is 2. The molecule has 0 unspecified atom stereocenters. The summed E-state index contributed by atoms with van der Waals surface area (Å²) in [6, 6.07) is 37.6. The van der Waals surface area contributed by atoms with Crippen LogP contribution in [0.2, 0.25) is 30.1 Å². The maximum atomic E-state index is 13.2. The van der Waals surface area contributed by atoms with E-state index in [2.05, 4.69) is 31.9 Å². The van der Waals surface area contributed by atoms with E-state index in [1.165, 1.54) is 92.0 Å². The summed E-state index contributed by atoms with van der Waals surface area (Å²) in [5.41, 5.74) is 14.9. The van der Waals surface area contributed by atoms with Gasteiger partial charge in [-0.25, -0.2) is 9.59 Å². The van der Waals surface area contributed by atoms with Gasteiger partial charge in [-0.05, 0) is 157 Å². The van der Waals surface area contributed by atoms with Gasteiger partial charge in [-0.1, -0.05) is 118 Å². The monoisotopic (exact) mass is 1470 g/mol. The number of carbonyl (C=O) groups is 8. The van der Waals surface area contributed by atoms with E-state index in [1.807, 2.05) is 0 Å². The maximum Gasteiger partial charge on any atom is 0.328 e. The summed E-state index contributed by atoms with van der Waals surface area (Å²) in [6.07, 6.45) is 1.27. The lowest BCUT2D eigenvalue weighted by Gasteiger charge is -2.18. The highest BCUT2D eigenvalue weighted by Crippen LogP contribution is 2.33. The molecule has 0 saturated heterocycles. The number of phenols is 2. The van der Waals surface area contributed by atoms with Crippen molar-refractivity contribution in [1.82, 2.24) is 21.3 Å². The molecule has 0 saturated carbocycles. The van der Waals surface area contributed by atoms with Gasteiger partial charge in [0.05, 0.1) is 72.7 Å². The first-order valence-corrected chi connectivity index (χ1v) is 31.8. The Morgan fingerprint density at radius 2 is 0.827 bits per heavy atom. The summed E-state index contributed by atoms with van der Waals surface area (Å²) < 4.78 is 16.0. The fraction of sp³-hybridized carbons (Fsp3) is 0.188. The van der Waals surface area contributed by atoms with Crippen molar-refractivity contribution >= 4 is 141 Å². The highest BCUT2D eigenvalue weighted by molar-refractivity contribution is 6.41. The molecule has 13 N–H and O–H groups in total. The number of amides is 6. The molecule has 8 aromatic rings. The number of halogens is 7. The average molecular weight is 1480 g/mol. The number of carboxylic acids is 1. The molecule has 8 rings (SSSR count). The summed E-state index contributed by atoms with van der Waals surface area (Å²) in [5, 5.41) is 45.3. The van der Waals surface area contributed by atoms with E-state index in [9.17, 15) is 53.7 Å². The summed E-state index contributed by atoms with van der Waals surface area (Å²) >= 11 is 37.9. The highest BCUT2D eigenvalue weighted by atomic mass is 35.5. The zero-order valence-corrected chi connectivity index (χ0v) is 57.3. The van der Waals surface area contributed by atoms with Gasteiger partial charge in [-0.3, -0.25) is 28.8 Å². The van der Waals surface area contributed by atoms with E-state index in [1.54, 1.807) is 72.8 Å². The maximum absolute atomic E-state index is 13.2. The van der Waals surface area contributed by atoms with Gasteiger partial charge < -0.3 is 72.9 Å². The third-order valence-corrected chi connectivity index (χ3v) is 15.9. The number of benzene rings is 8. The Balaban J connectivity index is 0.000000306. The Kier molecular flexibility index (Phi) is 30.1. The van der Waals surface area contributed by atoms with Crippen LogP contribution in [0.4, 0.5) is 11.4 Å². The van der Waals surface area contributed by atoms with Crippen LogP contribution in [0.3, 0.4) is 0 Å². The number of nitrogens with two attached hydrogens (primary N) is 2. The van der Waals surface area contributed by atoms with Crippen LogP contribution in [0.25, 0.3) is 0 Å². The van der Waals surface area contributed by atoms with Crippen LogP contribution < -0.4 is 52.8 Å². The van der Waals surface area contributed by atoms with Gasteiger partial charge >= 0.3 is 11.9 Å². The second-order valence-electron chi connectivity index (χ2n) is 21.2. The first kappa shape index (κ1) is 77.7. The van der Waals surface area contributed by atoms with E-state index < -0.39 is 59.5 Å². The summed E-state index contributed by atoms with van der Waals surface area (Å²) in [7, 11) is 1.20. The van der Waals surface area contributed by atoms with E-state index >= 15 is 0 Å². The summed E-state index contributed by atoms with van der Waals surface area (Å²) in [6.45, 7) is 2.01. The predicted octanol–water partition coefficient (Wildman–Crippen LogP) is 11.9. The predicted molar refractivity (Wildman–Crippen MR) is 378 cm³/mol. The van der Waals surface area contributed by atoms with E-state index in [4.69, 9.17) is 95.3 Å². The third-order valence-electron chi connectivity index (χ3n) is 14.1. The molecule has 0 spiro atoms. The molecule has 0 aliphatic carbocycles. The Hall–Kier alpha value is -9.33. The number of carbonyl (C=O) groups excluding carboxylic acids is 7. The molecule has 0 aliphatic heterocycles. The number of aliphatic carboxylic acids is 1. The number of methoxy groups -OCH3 is 1. The van der Waals surface area contributed by atoms with Gasteiger partial charge in [0.2, 0.25) is 0 Å². The van der Waals surface area contributed by atoms with Crippen molar-refractivity contribution in [2.45, 2.75) is 50.9 Å². The zero-order valence-electron chi connectivity index (χ0n) is 51.9. The molecule has 0 aliphatic rings. The van der Waals surface area contributed by atoms with Gasteiger partial charge in [0.15, 0.2) is 0 Å². The van der Waals surface area contributed by atoms with Crippen LogP contribution in [0.1, 0.15) is 97.2 Å². The van der Waals surface area contributed by atoms with Crippen molar-refractivity contribution < 1.29 is 67.9 Å².